The van der Waals surface area contributed by atoms with Crippen molar-refractivity contribution < 1.29 is 9.18 Å². The zero-order valence-corrected chi connectivity index (χ0v) is 11.0. The van der Waals surface area contributed by atoms with E-state index in [-0.39, 0.29) is 17.3 Å². The van der Waals surface area contributed by atoms with Crippen LogP contribution in [0.15, 0.2) is 12.3 Å². The number of rotatable bonds is 3. The molecule has 0 unspecified atom stereocenters. The Balaban J connectivity index is 1.89. The van der Waals surface area contributed by atoms with Gasteiger partial charge in [-0.1, -0.05) is 0 Å². The van der Waals surface area contributed by atoms with E-state index >= 15 is 0 Å². The minimum absolute atomic E-state index is 0.0577. The molecule has 0 atom stereocenters. The predicted molar refractivity (Wildman–Crippen MR) is 71.2 cm³/mol. The summed E-state index contributed by atoms with van der Waals surface area (Å²) in [5.74, 6) is -0.382. The van der Waals surface area contributed by atoms with Crippen LogP contribution in [-0.4, -0.2) is 42.5 Å². The smallest absolute Gasteiger partial charge is 0.255 e. The Hall–Kier alpha value is -1.69. The lowest BCUT2D eigenvalue weighted by Crippen LogP contribution is -2.37. The Morgan fingerprint density at radius 3 is 2.95 bits per heavy atom. The van der Waals surface area contributed by atoms with Gasteiger partial charge in [-0.15, -0.1) is 0 Å². The number of hydrogen-bond donors (Lipinski definition) is 2. The molecule has 5 nitrogen and oxygen atoms in total. The molecule has 2 rings (SSSR count). The first-order chi connectivity index (χ1) is 9.06. The monoisotopic (exact) mass is 266 g/mol. The fourth-order valence-corrected chi connectivity index (χ4v) is 2.23. The van der Waals surface area contributed by atoms with Crippen molar-refractivity contribution in [3.8, 4) is 0 Å². The van der Waals surface area contributed by atoms with E-state index in [4.69, 9.17) is 5.73 Å². The Labute approximate surface area is 112 Å². The molecule has 1 saturated heterocycles. The maximum absolute atomic E-state index is 13.0. The Morgan fingerprint density at radius 1 is 1.58 bits per heavy atom. The summed E-state index contributed by atoms with van der Waals surface area (Å²) in [5, 5.41) is 2.81. The average Bonchev–Trinajstić information content (AvgIpc) is 2.40. The lowest BCUT2D eigenvalue weighted by atomic mass is 9.97. The van der Waals surface area contributed by atoms with Gasteiger partial charge in [-0.05, 0) is 45.0 Å². The molecule has 0 aromatic carbocycles. The third kappa shape index (κ3) is 3.64. The van der Waals surface area contributed by atoms with Gasteiger partial charge in [0.15, 0.2) is 0 Å². The summed E-state index contributed by atoms with van der Waals surface area (Å²) < 4.78 is 13.0. The van der Waals surface area contributed by atoms with E-state index in [1.807, 2.05) is 0 Å². The topological polar surface area (TPSA) is 71.2 Å². The van der Waals surface area contributed by atoms with E-state index < -0.39 is 5.82 Å². The summed E-state index contributed by atoms with van der Waals surface area (Å²) >= 11 is 0. The molecule has 19 heavy (non-hydrogen) atoms. The molecule has 1 aromatic heterocycles. The molecule has 0 spiro atoms. The van der Waals surface area contributed by atoms with Crippen LogP contribution in [-0.2, 0) is 0 Å². The Bertz CT molecular complexity index is 458. The van der Waals surface area contributed by atoms with Gasteiger partial charge in [0, 0.05) is 6.54 Å². The summed E-state index contributed by atoms with van der Waals surface area (Å²) in [4.78, 5) is 17.8. The van der Waals surface area contributed by atoms with E-state index in [0.29, 0.717) is 12.5 Å². The number of nitrogens with zero attached hydrogens (tertiary/aromatic N) is 2. The summed E-state index contributed by atoms with van der Waals surface area (Å²) in [6.45, 7) is 2.69. The van der Waals surface area contributed by atoms with Gasteiger partial charge in [-0.2, -0.15) is 0 Å². The lowest BCUT2D eigenvalue weighted by molar-refractivity contribution is 0.0939. The summed E-state index contributed by atoms with van der Waals surface area (Å²) in [6, 6.07) is 1.12. The molecule has 6 heteroatoms. The highest BCUT2D eigenvalue weighted by atomic mass is 19.1. The molecular formula is C13H19FN4O. The normalized spacial score (nSPS) is 17.4. The van der Waals surface area contributed by atoms with E-state index in [1.165, 1.54) is 0 Å². The number of piperidine rings is 1. The summed E-state index contributed by atoms with van der Waals surface area (Å²) in [5.41, 5.74) is 5.68. The number of nitrogens with two attached hydrogens (primary N) is 1. The van der Waals surface area contributed by atoms with Crippen LogP contribution in [0.25, 0.3) is 0 Å². The first-order valence-electron chi connectivity index (χ1n) is 6.44. The fourth-order valence-electron chi connectivity index (χ4n) is 2.23. The van der Waals surface area contributed by atoms with Crippen molar-refractivity contribution in [2.75, 3.05) is 32.4 Å². The van der Waals surface area contributed by atoms with E-state index in [9.17, 15) is 9.18 Å². The predicted octanol–water partition coefficient (Wildman–Crippen LogP) is 0.875. The number of halogens is 1. The molecule has 1 aromatic rings. The highest BCUT2D eigenvalue weighted by Gasteiger charge is 2.18. The zero-order valence-electron chi connectivity index (χ0n) is 11.0. The van der Waals surface area contributed by atoms with Crippen LogP contribution >= 0.6 is 0 Å². The lowest BCUT2D eigenvalue weighted by Gasteiger charge is -2.28. The zero-order chi connectivity index (χ0) is 13.8. The summed E-state index contributed by atoms with van der Waals surface area (Å²) in [7, 11) is 2.09. The quantitative estimate of drug-likeness (QED) is 0.851. The Morgan fingerprint density at radius 2 is 2.26 bits per heavy atom. The van der Waals surface area contributed by atoms with Crippen molar-refractivity contribution in [1.29, 1.82) is 0 Å². The number of amides is 1. The van der Waals surface area contributed by atoms with E-state index in [1.54, 1.807) is 0 Å². The molecule has 1 fully saturated rings. The van der Waals surface area contributed by atoms with Crippen LogP contribution in [0.3, 0.4) is 0 Å². The van der Waals surface area contributed by atoms with E-state index in [2.05, 4.69) is 22.2 Å². The summed E-state index contributed by atoms with van der Waals surface area (Å²) in [6.07, 6.45) is 3.13. The van der Waals surface area contributed by atoms with Crippen LogP contribution in [0.5, 0.6) is 0 Å². The number of nitrogen functional groups attached to an aromatic ring is 1. The van der Waals surface area contributed by atoms with Gasteiger partial charge < -0.3 is 16.0 Å². The van der Waals surface area contributed by atoms with Crippen LogP contribution in [0.2, 0.25) is 0 Å². The maximum atomic E-state index is 13.0. The standard InChI is InChI=1S/C13H19FN4O/c1-18-4-2-9(3-5-18)7-17-13(19)11-6-10(14)8-16-12(11)15/h6,8-9H,2-5,7H2,1H3,(H2,15,16)(H,17,19). The van der Waals surface area contributed by atoms with Gasteiger partial charge in [0.05, 0.1) is 11.8 Å². The molecule has 1 aliphatic rings. The Kier molecular flexibility index (Phi) is 4.31. The number of likely N-dealkylation sites (tertiary alicyclic amines) is 1. The number of pyridine rings is 1. The van der Waals surface area contributed by atoms with Crippen LogP contribution in [0, 0.1) is 11.7 Å². The molecule has 104 valence electrons. The molecule has 3 N–H and O–H groups in total. The minimum Gasteiger partial charge on any atom is -0.383 e. The van der Waals surface area contributed by atoms with Crippen LogP contribution in [0.1, 0.15) is 23.2 Å². The van der Waals surface area contributed by atoms with Crippen molar-refractivity contribution in [3.63, 3.8) is 0 Å². The number of aromatic nitrogens is 1. The highest BCUT2D eigenvalue weighted by molar-refractivity contribution is 5.98. The molecule has 1 amide bonds. The number of hydrogen-bond acceptors (Lipinski definition) is 4. The van der Waals surface area contributed by atoms with Gasteiger partial charge in [0.25, 0.3) is 5.91 Å². The minimum atomic E-state index is -0.557. The number of carbonyl (C=O) groups excluding carboxylic acids is 1. The molecule has 2 heterocycles. The fraction of sp³-hybridized carbons (Fsp3) is 0.538. The second-order valence-corrected chi connectivity index (χ2v) is 5.04. The molecule has 0 bridgehead atoms. The highest BCUT2D eigenvalue weighted by Crippen LogP contribution is 2.15. The number of anilines is 1. The molecule has 0 aliphatic carbocycles. The second kappa shape index (κ2) is 5.97. The van der Waals surface area contributed by atoms with Crippen molar-refractivity contribution in [2.24, 2.45) is 5.92 Å². The molecule has 0 saturated carbocycles. The second-order valence-electron chi connectivity index (χ2n) is 5.04. The number of nitrogens with one attached hydrogen (secondary N) is 1. The number of carbonyl (C=O) groups is 1. The molecule has 0 radical (unpaired) electrons. The third-order valence-corrected chi connectivity index (χ3v) is 3.52. The van der Waals surface area contributed by atoms with Gasteiger partial charge in [-0.25, -0.2) is 9.37 Å². The molecule has 1 aliphatic heterocycles. The largest absolute Gasteiger partial charge is 0.383 e. The first kappa shape index (κ1) is 13.7. The average molecular weight is 266 g/mol. The van der Waals surface area contributed by atoms with Crippen molar-refractivity contribution in [3.05, 3.63) is 23.6 Å². The maximum Gasteiger partial charge on any atom is 0.255 e. The van der Waals surface area contributed by atoms with Crippen LogP contribution < -0.4 is 11.1 Å². The van der Waals surface area contributed by atoms with Crippen molar-refractivity contribution in [2.45, 2.75) is 12.8 Å². The van der Waals surface area contributed by atoms with Crippen LogP contribution in [0.4, 0.5) is 10.2 Å². The van der Waals surface area contributed by atoms with Gasteiger partial charge in [0.2, 0.25) is 0 Å². The van der Waals surface area contributed by atoms with Crippen molar-refractivity contribution >= 4 is 11.7 Å². The third-order valence-electron chi connectivity index (χ3n) is 3.52. The first-order valence-corrected chi connectivity index (χ1v) is 6.44. The molecular weight excluding hydrogens is 247 g/mol. The van der Waals surface area contributed by atoms with E-state index in [0.717, 1.165) is 38.2 Å². The van der Waals surface area contributed by atoms with Gasteiger partial charge in [0.1, 0.15) is 11.6 Å². The SMILES string of the molecule is CN1CCC(CNC(=O)c2cc(F)cnc2N)CC1. The van der Waals surface area contributed by atoms with Crippen molar-refractivity contribution in [1.82, 2.24) is 15.2 Å². The van der Waals surface area contributed by atoms with Gasteiger partial charge in [-0.3, -0.25) is 4.79 Å². The van der Waals surface area contributed by atoms with Gasteiger partial charge >= 0.3 is 0 Å².